The number of carbonyl (C=O) groups is 3. The number of likely N-dealkylation sites (N-methyl/N-ethyl adjacent to an activating group) is 1. The minimum Gasteiger partial charge on any atom is -0.465 e. The second-order valence-corrected chi connectivity index (χ2v) is 15.5. The number of carboxylic acid groups (broad SMARTS) is 1. The number of likely N-dealkylation sites (tertiary alicyclic amines) is 2. The summed E-state index contributed by atoms with van der Waals surface area (Å²) in [5.74, 6) is 1.57. The highest BCUT2D eigenvalue weighted by molar-refractivity contribution is 5.84. The number of nitrogens with zero attached hydrogens (tertiary/aromatic N) is 5. The lowest BCUT2D eigenvalue weighted by molar-refractivity contribution is -0.137. The molecule has 4 heterocycles. The summed E-state index contributed by atoms with van der Waals surface area (Å²) in [6.45, 7) is 3.33. The van der Waals surface area contributed by atoms with E-state index in [1.165, 1.54) is 0 Å². The number of aromatic nitrogens is 4. The summed E-state index contributed by atoms with van der Waals surface area (Å²) in [4.78, 5) is 61.1. The van der Waals surface area contributed by atoms with Crippen LogP contribution in [0.2, 0.25) is 0 Å². The molecule has 0 bridgehead atoms. The molecular weight excluding hydrogens is 729 g/mol. The first-order valence-corrected chi connectivity index (χ1v) is 19.8. The number of hydrogen-bond donors (Lipinski definition) is 4. The molecule has 2 aliphatic rings. The summed E-state index contributed by atoms with van der Waals surface area (Å²) in [5.41, 5.74) is 7.03. The molecule has 2 fully saturated rings. The van der Waals surface area contributed by atoms with Gasteiger partial charge in [-0.25, -0.2) is 14.8 Å². The maximum absolute atomic E-state index is 14.0. The lowest BCUT2D eigenvalue weighted by Crippen LogP contribution is -2.58. The van der Waals surface area contributed by atoms with Crippen molar-refractivity contribution in [2.45, 2.75) is 56.4 Å². The lowest BCUT2D eigenvalue weighted by atomic mass is 9.96. The number of amides is 2. The van der Waals surface area contributed by atoms with Gasteiger partial charge in [0.1, 0.15) is 17.7 Å². The van der Waals surface area contributed by atoms with Crippen molar-refractivity contribution >= 4 is 18.3 Å². The third-order valence-corrected chi connectivity index (χ3v) is 11.7. The maximum atomic E-state index is 14.0. The smallest absolute Gasteiger partial charge is 0.406 e. The largest absolute Gasteiger partial charge is 0.465 e. The number of carbonyl (C=O) groups excluding carboxylic acids is 2. The van der Waals surface area contributed by atoms with Gasteiger partial charge in [-0.15, -0.1) is 0 Å². The number of imidazole rings is 2. The van der Waals surface area contributed by atoms with Crippen molar-refractivity contribution in [2.24, 2.45) is 0 Å². The van der Waals surface area contributed by atoms with E-state index in [0.29, 0.717) is 30.8 Å². The van der Waals surface area contributed by atoms with Crippen LogP contribution in [-0.2, 0) is 15.3 Å². The molecule has 4 aromatic carbocycles. The Balaban J connectivity index is 0.973. The van der Waals surface area contributed by atoms with Crippen LogP contribution in [0.3, 0.4) is 0 Å². The van der Waals surface area contributed by atoms with E-state index >= 15 is 0 Å². The number of hydrogen-bond acceptors (Lipinski definition) is 7. The summed E-state index contributed by atoms with van der Waals surface area (Å²) in [7, 11) is 3.90. The van der Waals surface area contributed by atoms with Crippen LogP contribution in [0.25, 0.3) is 33.6 Å². The normalized spacial score (nSPS) is 18.6. The topological polar surface area (TPSA) is 151 Å². The maximum Gasteiger partial charge on any atom is 0.406 e. The number of aldehydes is 1. The Bertz CT molecular complexity index is 2390. The third-order valence-electron chi connectivity index (χ3n) is 11.7. The highest BCUT2D eigenvalue weighted by Crippen LogP contribution is 2.40. The van der Waals surface area contributed by atoms with Crippen LogP contribution in [0, 0.1) is 6.92 Å². The van der Waals surface area contributed by atoms with Crippen molar-refractivity contribution in [3.8, 4) is 33.6 Å². The van der Waals surface area contributed by atoms with Gasteiger partial charge in [0.05, 0.1) is 35.9 Å². The SMILES string of the molecule is Cc1cc(-c2cnc([C@@H]3CCCN3C(=O)[C@@H](c3ccccc3)N(C)C)[nH]2)ccc1-c1ccc(-c2cnc(C3CCCN3C(C=O)(NC(=O)O)c3ccccc3)[nH]2)cc1. The highest BCUT2D eigenvalue weighted by atomic mass is 16.4. The highest BCUT2D eigenvalue weighted by Gasteiger charge is 2.47. The first-order chi connectivity index (χ1) is 28.2. The van der Waals surface area contributed by atoms with Crippen LogP contribution in [0.4, 0.5) is 4.79 Å². The zero-order valence-corrected chi connectivity index (χ0v) is 32.9. The van der Waals surface area contributed by atoms with Gasteiger partial charge in [-0.05, 0) is 91.7 Å². The molecule has 58 heavy (non-hydrogen) atoms. The van der Waals surface area contributed by atoms with Crippen LogP contribution >= 0.6 is 0 Å². The third kappa shape index (κ3) is 7.32. The van der Waals surface area contributed by atoms with Crippen LogP contribution in [-0.4, -0.2) is 85.2 Å². The average molecular weight is 777 g/mol. The second kappa shape index (κ2) is 16.2. The van der Waals surface area contributed by atoms with E-state index in [2.05, 4.69) is 64.7 Å². The predicted molar refractivity (Wildman–Crippen MR) is 222 cm³/mol. The monoisotopic (exact) mass is 776 g/mol. The molecule has 2 amide bonds. The van der Waals surface area contributed by atoms with Gasteiger partial charge in [-0.1, -0.05) is 97.1 Å². The first kappa shape index (κ1) is 38.5. The van der Waals surface area contributed by atoms with E-state index in [0.717, 1.165) is 76.3 Å². The summed E-state index contributed by atoms with van der Waals surface area (Å²) in [5, 5.41) is 12.3. The number of aryl methyl sites for hydroxylation is 1. The molecule has 0 radical (unpaired) electrons. The van der Waals surface area contributed by atoms with Gasteiger partial charge in [0.25, 0.3) is 0 Å². The van der Waals surface area contributed by atoms with Crippen molar-refractivity contribution < 1.29 is 19.5 Å². The van der Waals surface area contributed by atoms with E-state index in [4.69, 9.17) is 9.97 Å². The number of H-pyrrole nitrogens is 2. The Hall–Kier alpha value is -6.37. The molecule has 0 spiro atoms. The molecule has 8 rings (SSSR count). The molecular formula is C46H48N8O4. The molecule has 296 valence electrons. The number of nitrogens with one attached hydrogen (secondary N) is 3. The Morgan fingerprint density at radius 3 is 2.03 bits per heavy atom. The Morgan fingerprint density at radius 2 is 1.40 bits per heavy atom. The minimum absolute atomic E-state index is 0.0892. The van der Waals surface area contributed by atoms with E-state index < -0.39 is 11.8 Å². The summed E-state index contributed by atoms with van der Waals surface area (Å²) in [6, 6.07) is 32.9. The summed E-state index contributed by atoms with van der Waals surface area (Å²) in [6.07, 6.45) is 6.35. The first-order valence-electron chi connectivity index (χ1n) is 19.8. The quantitative estimate of drug-likeness (QED) is 0.0918. The van der Waals surface area contributed by atoms with Crippen LogP contribution in [0.15, 0.2) is 116 Å². The molecule has 4 atom stereocenters. The fraction of sp³-hybridized carbons (Fsp3) is 0.283. The van der Waals surface area contributed by atoms with Gasteiger partial charge in [-0.3, -0.25) is 24.7 Å². The van der Waals surface area contributed by atoms with Crippen molar-refractivity contribution in [2.75, 3.05) is 27.2 Å². The van der Waals surface area contributed by atoms with E-state index in [1.54, 1.807) is 30.5 Å². The molecule has 2 unspecified atom stereocenters. The fourth-order valence-corrected chi connectivity index (χ4v) is 8.86. The van der Waals surface area contributed by atoms with Gasteiger partial charge in [0.15, 0.2) is 11.9 Å². The van der Waals surface area contributed by atoms with Gasteiger partial charge in [0.2, 0.25) is 5.91 Å². The number of benzene rings is 4. The zero-order valence-electron chi connectivity index (χ0n) is 32.9. The fourth-order valence-electron chi connectivity index (χ4n) is 8.86. The molecule has 12 nitrogen and oxygen atoms in total. The number of aromatic amines is 2. The van der Waals surface area contributed by atoms with E-state index in [-0.39, 0.29) is 24.0 Å². The second-order valence-electron chi connectivity index (χ2n) is 15.5. The van der Waals surface area contributed by atoms with Crippen molar-refractivity contribution in [1.82, 2.24) is 40.0 Å². The summed E-state index contributed by atoms with van der Waals surface area (Å²) >= 11 is 0. The minimum atomic E-state index is -1.55. The number of rotatable bonds is 12. The molecule has 2 aromatic heterocycles. The van der Waals surface area contributed by atoms with Crippen LogP contribution < -0.4 is 5.32 Å². The molecule has 0 aliphatic carbocycles. The predicted octanol–water partition coefficient (Wildman–Crippen LogP) is 7.87. The molecule has 4 N–H and O–H groups in total. The molecule has 2 aliphatic heterocycles. The van der Waals surface area contributed by atoms with E-state index in [1.807, 2.05) is 71.4 Å². The van der Waals surface area contributed by atoms with Crippen molar-refractivity contribution in [3.05, 3.63) is 144 Å². The molecule has 2 saturated heterocycles. The zero-order chi connectivity index (χ0) is 40.4. The van der Waals surface area contributed by atoms with Gasteiger partial charge >= 0.3 is 6.09 Å². The standard InChI is InChI=1S/C46H48N8O4/c1-30-26-34(38-28-47-42(50-38)39-16-10-24-53(39)44(56)41(52(2)3)33-12-6-4-7-13-33)22-23-36(30)31-18-20-32(21-19-31)37-27-48-43(49-37)40-17-11-25-54(40)46(29-55,51-45(57)58)35-14-8-5-9-15-35/h4-9,12-15,18-23,26-29,39-41,51H,10-11,16-17,24-25H2,1-3H3,(H,47,50)(H,48,49)(H,57,58)/t39-,40?,41+,46?/m0/s1. The van der Waals surface area contributed by atoms with Gasteiger partial charge in [-0.2, -0.15) is 0 Å². The van der Waals surface area contributed by atoms with E-state index in [9.17, 15) is 19.5 Å². The Labute approximate surface area is 338 Å². The lowest BCUT2D eigenvalue weighted by Gasteiger charge is -2.40. The van der Waals surface area contributed by atoms with Crippen molar-refractivity contribution in [3.63, 3.8) is 0 Å². The van der Waals surface area contributed by atoms with Gasteiger partial charge in [0, 0.05) is 13.1 Å². The summed E-state index contributed by atoms with van der Waals surface area (Å²) < 4.78 is 0. The average Bonchev–Trinajstić information content (AvgIpc) is 4.08. The molecule has 6 aromatic rings. The Morgan fingerprint density at radius 1 is 0.810 bits per heavy atom. The van der Waals surface area contributed by atoms with Crippen molar-refractivity contribution in [1.29, 1.82) is 0 Å². The Kier molecular flexibility index (Phi) is 10.8. The van der Waals surface area contributed by atoms with Crippen LogP contribution in [0.5, 0.6) is 0 Å². The molecule has 12 heteroatoms. The van der Waals surface area contributed by atoms with Gasteiger partial charge < -0.3 is 20.0 Å². The van der Waals surface area contributed by atoms with Crippen LogP contribution in [0.1, 0.15) is 72.1 Å². The molecule has 0 saturated carbocycles.